The van der Waals surface area contributed by atoms with Gasteiger partial charge in [0.25, 0.3) is 0 Å². The molecular formula is C22H20N4O4. The van der Waals surface area contributed by atoms with Gasteiger partial charge in [0.05, 0.1) is 38.5 Å². The maximum absolute atomic E-state index is 9.91. The normalized spacial score (nSPS) is 15.1. The van der Waals surface area contributed by atoms with E-state index in [9.17, 15) is 5.26 Å². The van der Waals surface area contributed by atoms with Crippen molar-refractivity contribution in [2.24, 2.45) is 5.73 Å². The summed E-state index contributed by atoms with van der Waals surface area (Å²) in [6.07, 6.45) is 0. The maximum Gasteiger partial charge on any atom is 0.244 e. The van der Waals surface area contributed by atoms with Gasteiger partial charge >= 0.3 is 0 Å². The van der Waals surface area contributed by atoms with Crippen molar-refractivity contribution in [3.63, 3.8) is 0 Å². The molecule has 2 heterocycles. The SMILES string of the molecule is COc1cc(OC)c([C@H]2C(C#N)=C(N)Oc3n[nH]c(-c4ccccc4)c32)cc1OC. The van der Waals surface area contributed by atoms with E-state index in [-0.39, 0.29) is 11.5 Å². The Bertz CT molecular complexity index is 1160. The van der Waals surface area contributed by atoms with E-state index in [1.165, 1.54) is 0 Å². The van der Waals surface area contributed by atoms with Crippen LogP contribution in [0.2, 0.25) is 0 Å². The number of benzene rings is 2. The molecule has 0 aliphatic carbocycles. The molecule has 0 spiro atoms. The minimum absolute atomic E-state index is 0.00190. The Morgan fingerprint density at radius 1 is 1.03 bits per heavy atom. The standard InChI is InChI=1S/C22H20N4O4/c1-27-15-10-17(29-3)16(28-2)9-13(15)18-14(11-23)21(24)30-22-19(18)20(25-26-22)12-7-5-4-6-8-12/h4-10,18H,24H2,1-3H3,(H,25,26)/t18-/m0/s1. The number of methoxy groups -OCH3 is 3. The van der Waals surface area contributed by atoms with Crippen LogP contribution < -0.4 is 24.7 Å². The number of nitrogens with zero attached hydrogens (tertiary/aromatic N) is 2. The fraction of sp³-hybridized carbons (Fsp3) is 0.182. The quantitative estimate of drug-likeness (QED) is 0.670. The van der Waals surface area contributed by atoms with Crippen molar-refractivity contribution in [1.82, 2.24) is 10.2 Å². The number of fused-ring (bicyclic) bond motifs is 1. The molecule has 0 amide bonds. The summed E-state index contributed by atoms with van der Waals surface area (Å²) in [5.41, 5.74) is 9.34. The van der Waals surface area contributed by atoms with Gasteiger partial charge in [-0.05, 0) is 11.6 Å². The van der Waals surface area contributed by atoms with Crippen LogP contribution in [0.4, 0.5) is 0 Å². The lowest BCUT2D eigenvalue weighted by molar-refractivity contribution is 0.346. The monoisotopic (exact) mass is 404 g/mol. The topological polar surface area (TPSA) is 115 Å². The second-order valence-electron chi connectivity index (χ2n) is 6.56. The highest BCUT2D eigenvalue weighted by atomic mass is 16.5. The Morgan fingerprint density at radius 2 is 1.70 bits per heavy atom. The molecule has 4 rings (SSSR count). The molecule has 152 valence electrons. The van der Waals surface area contributed by atoms with E-state index >= 15 is 0 Å². The highest BCUT2D eigenvalue weighted by Crippen LogP contribution is 2.49. The van der Waals surface area contributed by atoms with Crippen LogP contribution in [0.5, 0.6) is 23.1 Å². The van der Waals surface area contributed by atoms with Crippen molar-refractivity contribution in [1.29, 1.82) is 5.26 Å². The van der Waals surface area contributed by atoms with Gasteiger partial charge in [0.2, 0.25) is 11.8 Å². The molecule has 0 fully saturated rings. The molecule has 30 heavy (non-hydrogen) atoms. The molecule has 0 saturated heterocycles. The van der Waals surface area contributed by atoms with Crippen LogP contribution in [-0.4, -0.2) is 31.5 Å². The van der Waals surface area contributed by atoms with E-state index < -0.39 is 5.92 Å². The van der Waals surface area contributed by atoms with E-state index in [0.717, 1.165) is 11.3 Å². The first kappa shape index (κ1) is 19.2. The lowest BCUT2D eigenvalue weighted by Gasteiger charge is -2.26. The van der Waals surface area contributed by atoms with Gasteiger partial charge in [-0.1, -0.05) is 30.3 Å². The summed E-state index contributed by atoms with van der Waals surface area (Å²) in [4.78, 5) is 0. The predicted molar refractivity (Wildman–Crippen MR) is 109 cm³/mol. The molecular weight excluding hydrogens is 384 g/mol. The second-order valence-corrected chi connectivity index (χ2v) is 6.56. The third-order valence-electron chi connectivity index (χ3n) is 5.05. The Kier molecular flexibility index (Phi) is 4.94. The van der Waals surface area contributed by atoms with E-state index in [4.69, 9.17) is 24.7 Å². The van der Waals surface area contributed by atoms with Gasteiger partial charge in [-0.25, -0.2) is 0 Å². The van der Waals surface area contributed by atoms with Crippen molar-refractivity contribution < 1.29 is 18.9 Å². The highest BCUT2D eigenvalue weighted by molar-refractivity contribution is 5.72. The van der Waals surface area contributed by atoms with Crippen molar-refractivity contribution >= 4 is 0 Å². The van der Waals surface area contributed by atoms with Crippen LogP contribution in [0.1, 0.15) is 17.0 Å². The number of H-pyrrole nitrogens is 1. The average Bonchev–Trinajstić information content (AvgIpc) is 3.21. The highest BCUT2D eigenvalue weighted by Gasteiger charge is 2.37. The average molecular weight is 404 g/mol. The molecule has 2 aromatic carbocycles. The number of allylic oxidation sites excluding steroid dienone is 1. The number of nitriles is 1. The van der Waals surface area contributed by atoms with Gasteiger partial charge in [-0.3, -0.25) is 5.10 Å². The van der Waals surface area contributed by atoms with E-state index in [0.29, 0.717) is 34.3 Å². The number of rotatable bonds is 5. The fourth-order valence-corrected chi connectivity index (χ4v) is 3.66. The van der Waals surface area contributed by atoms with Crippen molar-refractivity contribution in [2.45, 2.75) is 5.92 Å². The smallest absolute Gasteiger partial charge is 0.244 e. The number of nitrogens with one attached hydrogen (secondary N) is 1. The molecule has 0 radical (unpaired) electrons. The van der Waals surface area contributed by atoms with Crippen molar-refractivity contribution in [2.75, 3.05) is 21.3 Å². The zero-order chi connectivity index (χ0) is 21.3. The summed E-state index contributed by atoms with van der Waals surface area (Å²) in [6, 6.07) is 15.4. The number of hydrogen-bond acceptors (Lipinski definition) is 7. The van der Waals surface area contributed by atoms with Crippen molar-refractivity contribution in [3.05, 3.63) is 65.0 Å². The summed E-state index contributed by atoms with van der Waals surface area (Å²) in [5, 5.41) is 17.2. The Hall–Kier alpha value is -4.12. The Balaban J connectivity index is 2.01. The first-order valence-electron chi connectivity index (χ1n) is 9.14. The molecule has 3 N–H and O–H groups in total. The number of hydrogen-bond donors (Lipinski definition) is 2. The number of aromatic nitrogens is 2. The molecule has 1 aliphatic heterocycles. The van der Waals surface area contributed by atoms with Gasteiger partial charge in [0.15, 0.2) is 11.5 Å². The third-order valence-corrected chi connectivity index (χ3v) is 5.05. The molecule has 3 aromatic rings. The second kappa shape index (κ2) is 7.72. The van der Waals surface area contributed by atoms with Gasteiger partial charge in [0, 0.05) is 11.6 Å². The maximum atomic E-state index is 9.91. The van der Waals surface area contributed by atoms with Crippen LogP contribution in [0.25, 0.3) is 11.3 Å². The number of aromatic amines is 1. The minimum Gasteiger partial charge on any atom is -0.496 e. The van der Waals surface area contributed by atoms with E-state index in [1.807, 2.05) is 30.3 Å². The first-order chi connectivity index (χ1) is 14.6. The summed E-state index contributed by atoms with van der Waals surface area (Å²) >= 11 is 0. The largest absolute Gasteiger partial charge is 0.496 e. The summed E-state index contributed by atoms with van der Waals surface area (Å²) in [6.45, 7) is 0. The van der Waals surface area contributed by atoms with Gasteiger partial charge in [-0.15, -0.1) is 5.10 Å². The zero-order valence-electron chi connectivity index (χ0n) is 16.7. The molecule has 8 heteroatoms. The zero-order valence-corrected chi connectivity index (χ0v) is 16.7. The molecule has 1 aromatic heterocycles. The molecule has 8 nitrogen and oxygen atoms in total. The summed E-state index contributed by atoms with van der Waals surface area (Å²) in [7, 11) is 4.65. The molecule has 0 unspecified atom stereocenters. The van der Waals surface area contributed by atoms with Crippen molar-refractivity contribution in [3.8, 4) is 40.5 Å². The summed E-state index contributed by atoms with van der Waals surface area (Å²) < 4.78 is 22.2. The van der Waals surface area contributed by atoms with Crippen LogP contribution in [0, 0.1) is 11.3 Å². The predicted octanol–water partition coefficient (Wildman–Crippen LogP) is 3.32. The number of nitrogens with two attached hydrogens (primary N) is 1. The Labute approximate surface area is 173 Å². The van der Waals surface area contributed by atoms with E-state index in [1.54, 1.807) is 33.5 Å². The van der Waals surface area contributed by atoms with Crippen LogP contribution in [0.3, 0.4) is 0 Å². The van der Waals surface area contributed by atoms with Gasteiger partial charge in [-0.2, -0.15) is 5.26 Å². The lowest BCUT2D eigenvalue weighted by atomic mass is 9.82. The fourth-order valence-electron chi connectivity index (χ4n) is 3.66. The molecule has 1 atom stereocenters. The Morgan fingerprint density at radius 3 is 2.33 bits per heavy atom. The molecule has 1 aliphatic rings. The third kappa shape index (κ3) is 2.97. The van der Waals surface area contributed by atoms with Crippen LogP contribution in [0.15, 0.2) is 53.9 Å². The minimum atomic E-state index is -0.581. The van der Waals surface area contributed by atoms with Gasteiger partial charge < -0.3 is 24.7 Å². The number of ether oxygens (including phenoxy) is 4. The van der Waals surface area contributed by atoms with Crippen LogP contribution in [-0.2, 0) is 0 Å². The summed E-state index contributed by atoms with van der Waals surface area (Å²) in [5.74, 6) is 1.26. The lowest BCUT2D eigenvalue weighted by Crippen LogP contribution is -2.21. The molecule has 0 bridgehead atoms. The first-order valence-corrected chi connectivity index (χ1v) is 9.14. The van der Waals surface area contributed by atoms with Crippen LogP contribution >= 0.6 is 0 Å². The van der Waals surface area contributed by atoms with E-state index in [2.05, 4.69) is 16.3 Å². The van der Waals surface area contributed by atoms with Gasteiger partial charge in [0.1, 0.15) is 17.4 Å². The molecule has 0 saturated carbocycles.